The second kappa shape index (κ2) is 7.78. The van der Waals surface area contributed by atoms with Crippen LogP contribution in [0.15, 0.2) is 30.3 Å². The van der Waals surface area contributed by atoms with E-state index in [0.717, 1.165) is 25.1 Å². The summed E-state index contributed by atoms with van der Waals surface area (Å²) in [5.74, 6) is -0.200. The molecule has 0 bridgehead atoms. The van der Waals surface area contributed by atoms with Crippen LogP contribution in [-0.2, 0) is 14.3 Å². The molecule has 0 aliphatic carbocycles. The lowest BCUT2D eigenvalue weighted by Gasteiger charge is -2.22. The first kappa shape index (κ1) is 15.5. The van der Waals surface area contributed by atoms with Crippen LogP contribution in [0.1, 0.15) is 26.2 Å². The van der Waals surface area contributed by atoms with Crippen LogP contribution in [0.4, 0.5) is 5.69 Å². The highest BCUT2D eigenvalue weighted by molar-refractivity contribution is 5.90. The summed E-state index contributed by atoms with van der Waals surface area (Å²) in [6.07, 6.45) is 2.17. The van der Waals surface area contributed by atoms with E-state index in [1.165, 1.54) is 0 Å². The van der Waals surface area contributed by atoms with Crippen molar-refractivity contribution in [3.8, 4) is 0 Å². The van der Waals surface area contributed by atoms with Gasteiger partial charge in [-0.2, -0.15) is 0 Å². The lowest BCUT2D eigenvalue weighted by atomic mass is 10.2. The largest absolute Gasteiger partial charge is 0.465 e. The molecule has 1 saturated heterocycles. The van der Waals surface area contributed by atoms with Crippen LogP contribution in [-0.4, -0.2) is 42.5 Å². The lowest BCUT2D eigenvalue weighted by molar-refractivity contribution is -0.148. The molecule has 0 radical (unpaired) electrons. The highest BCUT2D eigenvalue weighted by Gasteiger charge is 2.31. The number of carbonyl (C=O) groups is 2. The fraction of sp³-hybridized carbons (Fsp3) is 0.500. The number of nitrogens with zero attached hydrogens (tertiary/aromatic N) is 1. The SMILES string of the molecule is CCOC(=O)C1CCCN1CCC(=O)Nc1ccccc1. The monoisotopic (exact) mass is 290 g/mol. The van der Waals surface area contributed by atoms with Crippen LogP contribution in [0.2, 0.25) is 0 Å². The molecule has 1 N–H and O–H groups in total. The maximum Gasteiger partial charge on any atom is 0.323 e. The Morgan fingerprint density at radius 2 is 2.10 bits per heavy atom. The van der Waals surface area contributed by atoms with Crippen molar-refractivity contribution in [1.29, 1.82) is 0 Å². The van der Waals surface area contributed by atoms with Crippen LogP contribution in [0.3, 0.4) is 0 Å². The summed E-state index contributed by atoms with van der Waals surface area (Å²) in [6, 6.07) is 9.20. The zero-order valence-corrected chi connectivity index (χ0v) is 12.4. The molecule has 1 unspecified atom stereocenters. The predicted octanol–water partition coefficient (Wildman–Crippen LogP) is 2.04. The number of hydrogen-bond acceptors (Lipinski definition) is 4. The fourth-order valence-electron chi connectivity index (χ4n) is 2.59. The molecule has 1 aliphatic heterocycles. The Bertz CT molecular complexity index is 476. The predicted molar refractivity (Wildman–Crippen MR) is 80.9 cm³/mol. The number of anilines is 1. The summed E-state index contributed by atoms with van der Waals surface area (Å²) < 4.78 is 5.08. The van der Waals surface area contributed by atoms with Crippen molar-refractivity contribution in [2.75, 3.05) is 25.0 Å². The van der Waals surface area contributed by atoms with E-state index in [9.17, 15) is 9.59 Å². The van der Waals surface area contributed by atoms with Crippen molar-refractivity contribution in [1.82, 2.24) is 4.90 Å². The van der Waals surface area contributed by atoms with Gasteiger partial charge >= 0.3 is 5.97 Å². The zero-order valence-electron chi connectivity index (χ0n) is 12.4. The Labute approximate surface area is 125 Å². The third-order valence-electron chi connectivity index (χ3n) is 3.61. The van der Waals surface area contributed by atoms with E-state index in [1.807, 2.05) is 42.2 Å². The summed E-state index contributed by atoms with van der Waals surface area (Å²) in [5, 5.41) is 2.85. The number of para-hydroxylation sites is 1. The van der Waals surface area contributed by atoms with Crippen molar-refractivity contribution in [2.45, 2.75) is 32.2 Å². The van der Waals surface area contributed by atoms with Gasteiger partial charge in [-0.25, -0.2) is 0 Å². The first-order valence-corrected chi connectivity index (χ1v) is 7.46. The Morgan fingerprint density at radius 1 is 1.33 bits per heavy atom. The normalized spacial score (nSPS) is 18.4. The average molecular weight is 290 g/mol. The van der Waals surface area contributed by atoms with Crippen molar-refractivity contribution < 1.29 is 14.3 Å². The highest BCUT2D eigenvalue weighted by atomic mass is 16.5. The summed E-state index contributed by atoms with van der Waals surface area (Å²) in [7, 11) is 0. The van der Waals surface area contributed by atoms with E-state index in [4.69, 9.17) is 4.74 Å². The van der Waals surface area contributed by atoms with Crippen LogP contribution in [0.25, 0.3) is 0 Å². The smallest absolute Gasteiger partial charge is 0.323 e. The molecule has 0 aromatic heterocycles. The quantitative estimate of drug-likeness (QED) is 0.815. The maximum atomic E-state index is 11.9. The molecule has 1 atom stereocenters. The molecule has 1 aromatic rings. The zero-order chi connectivity index (χ0) is 15.1. The second-order valence-corrected chi connectivity index (χ2v) is 5.11. The van der Waals surface area contributed by atoms with Gasteiger partial charge in [0.2, 0.25) is 5.91 Å². The average Bonchev–Trinajstić information content (AvgIpc) is 2.95. The summed E-state index contributed by atoms with van der Waals surface area (Å²) >= 11 is 0. The molecular weight excluding hydrogens is 268 g/mol. The van der Waals surface area contributed by atoms with Gasteiger partial charge in [0.15, 0.2) is 0 Å². The minimum Gasteiger partial charge on any atom is -0.465 e. The van der Waals surface area contributed by atoms with E-state index in [0.29, 0.717) is 19.6 Å². The molecule has 1 aliphatic rings. The number of nitrogens with one attached hydrogen (secondary N) is 1. The van der Waals surface area contributed by atoms with Crippen molar-refractivity contribution in [3.63, 3.8) is 0 Å². The van der Waals surface area contributed by atoms with Crippen LogP contribution < -0.4 is 5.32 Å². The lowest BCUT2D eigenvalue weighted by Crippen LogP contribution is -2.38. The second-order valence-electron chi connectivity index (χ2n) is 5.11. The van der Waals surface area contributed by atoms with Gasteiger partial charge in [-0.1, -0.05) is 18.2 Å². The Kier molecular flexibility index (Phi) is 5.75. The molecule has 2 rings (SSSR count). The Balaban J connectivity index is 1.79. The van der Waals surface area contributed by atoms with E-state index in [2.05, 4.69) is 5.32 Å². The van der Waals surface area contributed by atoms with Crippen molar-refractivity contribution in [3.05, 3.63) is 30.3 Å². The summed E-state index contributed by atoms with van der Waals surface area (Å²) in [4.78, 5) is 25.8. The van der Waals surface area contributed by atoms with Gasteiger partial charge in [0, 0.05) is 18.7 Å². The number of likely N-dealkylation sites (tertiary alicyclic amines) is 1. The molecule has 1 aromatic carbocycles. The van der Waals surface area contributed by atoms with Gasteiger partial charge in [0.05, 0.1) is 6.61 Å². The first-order chi connectivity index (χ1) is 10.2. The molecule has 0 saturated carbocycles. The van der Waals surface area contributed by atoms with E-state index in [1.54, 1.807) is 0 Å². The van der Waals surface area contributed by atoms with E-state index in [-0.39, 0.29) is 17.9 Å². The van der Waals surface area contributed by atoms with Gasteiger partial charge < -0.3 is 10.1 Å². The number of hydrogen-bond donors (Lipinski definition) is 1. The molecule has 0 spiro atoms. The molecule has 1 amide bonds. The van der Waals surface area contributed by atoms with Gasteiger partial charge in [-0.15, -0.1) is 0 Å². The van der Waals surface area contributed by atoms with Gasteiger partial charge in [-0.05, 0) is 38.4 Å². The molecule has 1 fully saturated rings. The topological polar surface area (TPSA) is 58.6 Å². The van der Waals surface area contributed by atoms with Crippen LogP contribution in [0.5, 0.6) is 0 Å². The third kappa shape index (κ3) is 4.56. The maximum absolute atomic E-state index is 11.9. The molecule has 5 nitrogen and oxygen atoms in total. The Morgan fingerprint density at radius 3 is 2.81 bits per heavy atom. The third-order valence-corrected chi connectivity index (χ3v) is 3.61. The Hall–Kier alpha value is -1.88. The minimum absolute atomic E-state index is 0.0318. The number of esters is 1. The van der Waals surface area contributed by atoms with Crippen molar-refractivity contribution in [2.24, 2.45) is 0 Å². The number of benzene rings is 1. The summed E-state index contributed by atoms with van der Waals surface area (Å²) in [5.41, 5.74) is 0.797. The van der Waals surface area contributed by atoms with Gasteiger partial charge in [0.1, 0.15) is 6.04 Å². The molecule has 5 heteroatoms. The number of ether oxygens (including phenoxy) is 1. The van der Waals surface area contributed by atoms with Crippen LogP contribution >= 0.6 is 0 Å². The van der Waals surface area contributed by atoms with E-state index < -0.39 is 0 Å². The van der Waals surface area contributed by atoms with Gasteiger partial charge in [0.25, 0.3) is 0 Å². The van der Waals surface area contributed by atoms with Gasteiger partial charge in [-0.3, -0.25) is 14.5 Å². The van der Waals surface area contributed by atoms with Crippen LogP contribution in [0, 0.1) is 0 Å². The fourth-order valence-corrected chi connectivity index (χ4v) is 2.59. The first-order valence-electron chi connectivity index (χ1n) is 7.46. The minimum atomic E-state index is -0.186. The molecule has 21 heavy (non-hydrogen) atoms. The number of amides is 1. The molecular formula is C16H22N2O3. The highest BCUT2D eigenvalue weighted by Crippen LogP contribution is 2.18. The van der Waals surface area contributed by atoms with Crippen molar-refractivity contribution >= 4 is 17.6 Å². The molecule has 114 valence electrons. The number of rotatable bonds is 6. The standard InChI is InChI=1S/C16H22N2O3/c1-2-21-16(20)14-9-6-11-18(14)12-10-15(19)17-13-7-4-3-5-8-13/h3-5,7-8,14H,2,6,9-12H2,1H3,(H,17,19). The summed E-state index contributed by atoms with van der Waals surface area (Å²) in [6.45, 7) is 3.65. The molecule has 1 heterocycles. The number of carbonyl (C=O) groups excluding carboxylic acids is 2. The van der Waals surface area contributed by atoms with E-state index >= 15 is 0 Å².